The first kappa shape index (κ1) is 20.0. The molecule has 2 aromatic heterocycles. The van der Waals surface area contributed by atoms with Gasteiger partial charge in [0, 0.05) is 37.6 Å². The second-order valence-electron chi connectivity index (χ2n) is 9.47. The third-order valence-corrected chi connectivity index (χ3v) is 6.73. The second-order valence-corrected chi connectivity index (χ2v) is 9.47. The summed E-state index contributed by atoms with van der Waals surface area (Å²) in [5, 5.41) is 3.13. The molecule has 2 fully saturated rings. The molecule has 4 N–H and O–H groups in total. The molecule has 3 aromatic rings. The van der Waals surface area contributed by atoms with Crippen LogP contribution in [0.2, 0.25) is 0 Å². The summed E-state index contributed by atoms with van der Waals surface area (Å²) in [6.45, 7) is 6.32. The Balaban J connectivity index is 1.58. The predicted molar refractivity (Wildman–Crippen MR) is 123 cm³/mol. The zero-order chi connectivity index (χ0) is 21.6. The molecule has 5 rings (SSSR count). The molecule has 7 nitrogen and oxygen atoms in total. The van der Waals surface area contributed by atoms with Gasteiger partial charge in [-0.1, -0.05) is 18.6 Å². The van der Waals surface area contributed by atoms with E-state index in [1.54, 1.807) is 12.4 Å². The molecule has 2 aliphatic rings. The minimum Gasteiger partial charge on any atom is -0.368 e. The van der Waals surface area contributed by atoms with Crippen molar-refractivity contribution in [2.24, 2.45) is 11.7 Å². The second kappa shape index (κ2) is 7.64. The summed E-state index contributed by atoms with van der Waals surface area (Å²) in [6.07, 6.45) is 8.00. The van der Waals surface area contributed by atoms with E-state index in [1.807, 2.05) is 12.1 Å². The van der Waals surface area contributed by atoms with Crippen molar-refractivity contribution in [3.05, 3.63) is 41.7 Å². The Bertz CT molecular complexity index is 1130. The predicted octanol–water partition coefficient (Wildman–Crippen LogP) is 3.39. The molecule has 31 heavy (non-hydrogen) atoms. The molecule has 0 spiro atoms. The number of nitrogens with one attached hydrogen (secondary N) is 2. The number of fused-ring (bicyclic) bond motifs is 1. The van der Waals surface area contributed by atoms with Crippen LogP contribution in [-0.4, -0.2) is 46.0 Å². The number of nitrogens with two attached hydrogens (primary N) is 1. The molecular formula is C24H30N6O. The third-order valence-electron chi connectivity index (χ3n) is 6.73. The minimum absolute atomic E-state index is 0.0748. The molecular weight excluding hydrogens is 388 g/mol. The number of carbonyl (C=O) groups excluding carboxylic acids is 1. The van der Waals surface area contributed by atoms with Crippen molar-refractivity contribution in [3.63, 3.8) is 0 Å². The summed E-state index contributed by atoms with van der Waals surface area (Å²) < 4.78 is 0. The van der Waals surface area contributed by atoms with E-state index in [0.717, 1.165) is 53.2 Å². The first-order valence-electron chi connectivity index (χ1n) is 11.2. The lowest BCUT2D eigenvalue weighted by Gasteiger charge is -2.27. The van der Waals surface area contributed by atoms with E-state index in [-0.39, 0.29) is 11.4 Å². The topological polar surface area (TPSA) is 99.9 Å². The van der Waals surface area contributed by atoms with Gasteiger partial charge in [-0.2, -0.15) is 0 Å². The van der Waals surface area contributed by atoms with Gasteiger partial charge in [0.2, 0.25) is 0 Å². The minimum atomic E-state index is -0.287. The van der Waals surface area contributed by atoms with Gasteiger partial charge < -0.3 is 20.9 Å². The lowest BCUT2D eigenvalue weighted by molar-refractivity contribution is 0.0939. The van der Waals surface area contributed by atoms with E-state index in [1.165, 1.54) is 19.3 Å². The van der Waals surface area contributed by atoms with E-state index in [2.05, 4.69) is 40.1 Å². The Hall–Kier alpha value is -2.93. The number of H-pyrrole nitrogens is 1. The molecule has 0 unspecified atom stereocenters. The van der Waals surface area contributed by atoms with Crippen molar-refractivity contribution in [1.29, 1.82) is 0 Å². The van der Waals surface area contributed by atoms with E-state index in [0.29, 0.717) is 18.0 Å². The van der Waals surface area contributed by atoms with Gasteiger partial charge >= 0.3 is 0 Å². The monoisotopic (exact) mass is 418 g/mol. The number of amides is 1. The van der Waals surface area contributed by atoms with Crippen molar-refractivity contribution < 1.29 is 4.79 Å². The molecule has 1 saturated heterocycles. The Morgan fingerprint density at radius 3 is 2.87 bits per heavy atom. The number of aryl methyl sites for hydroxylation is 1. The standard InChI is InChI=1S/C24H30N6O/c1-15-5-3-8-19-20(15)29-22(28-19)17-12-26-13-18(23(31)27-11-16-6-4-7-16)21(17)30-10-9-24(2,25)14-30/h3,5,8,12-13,16H,4,6-7,9-11,14,25H2,1-2H3,(H,27,31)(H,28,29)/t24-/m0/s1. The van der Waals surface area contributed by atoms with Gasteiger partial charge in [0.1, 0.15) is 5.82 Å². The van der Waals surface area contributed by atoms with Crippen LogP contribution >= 0.6 is 0 Å². The fraction of sp³-hybridized carbons (Fsp3) is 0.458. The van der Waals surface area contributed by atoms with E-state index < -0.39 is 0 Å². The Morgan fingerprint density at radius 1 is 1.35 bits per heavy atom. The number of carbonyl (C=O) groups is 1. The largest absolute Gasteiger partial charge is 0.368 e. The molecule has 0 bridgehead atoms. The summed E-state index contributed by atoms with van der Waals surface area (Å²) in [7, 11) is 0. The van der Waals surface area contributed by atoms with Crippen LogP contribution < -0.4 is 16.0 Å². The molecule has 1 aromatic carbocycles. The van der Waals surface area contributed by atoms with E-state index in [9.17, 15) is 4.79 Å². The molecule has 1 aliphatic carbocycles. The molecule has 1 saturated carbocycles. The number of benzene rings is 1. The average molecular weight is 419 g/mol. The lowest BCUT2D eigenvalue weighted by Crippen LogP contribution is -2.40. The van der Waals surface area contributed by atoms with Crippen LogP contribution in [-0.2, 0) is 0 Å². The highest BCUT2D eigenvalue weighted by molar-refractivity contribution is 6.03. The van der Waals surface area contributed by atoms with Gasteiger partial charge in [-0.25, -0.2) is 4.98 Å². The van der Waals surface area contributed by atoms with Crippen molar-refractivity contribution in [1.82, 2.24) is 20.3 Å². The highest BCUT2D eigenvalue weighted by Crippen LogP contribution is 2.37. The van der Waals surface area contributed by atoms with Gasteiger partial charge in [0.05, 0.1) is 27.8 Å². The number of anilines is 1. The first-order chi connectivity index (χ1) is 14.9. The van der Waals surface area contributed by atoms with Crippen LogP contribution in [0.4, 0.5) is 5.69 Å². The molecule has 1 aliphatic heterocycles. The molecule has 7 heteroatoms. The summed E-state index contributed by atoms with van der Waals surface area (Å²) in [5.41, 5.74) is 11.5. The maximum atomic E-state index is 13.2. The normalized spacial score (nSPS) is 21.5. The van der Waals surface area contributed by atoms with Gasteiger partial charge in [-0.3, -0.25) is 9.78 Å². The fourth-order valence-corrected chi connectivity index (χ4v) is 4.64. The number of aromatic amines is 1. The number of nitrogens with zero attached hydrogens (tertiary/aromatic N) is 3. The van der Waals surface area contributed by atoms with Crippen molar-refractivity contribution in [2.45, 2.75) is 45.1 Å². The third kappa shape index (κ3) is 3.78. The first-order valence-corrected chi connectivity index (χ1v) is 11.2. The van der Waals surface area contributed by atoms with E-state index >= 15 is 0 Å². The van der Waals surface area contributed by atoms with E-state index in [4.69, 9.17) is 10.7 Å². The fourth-order valence-electron chi connectivity index (χ4n) is 4.64. The van der Waals surface area contributed by atoms with Crippen molar-refractivity contribution in [2.75, 3.05) is 24.5 Å². The number of imidazole rings is 1. The van der Waals surface area contributed by atoms with Crippen LogP contribution in [0.3, 0.4) is 0 Å². The molecule has 162 valence electrons. The number of rotatable bonds is 5. The van der Waals surface area contributed by atoms with Gasteiger partial charge in [-0.05, 0) is 50.7 Å². The highest BCUT2D eigenvalue weighted by Gasteiger charge is 2.34. The van der Waals surface area contributed by atoms with Crippen LogP contribution in [0.25, 0.3) is 22.4 Å². The van der Waals surface area contributed by atoms with Gasteiger partial charge in [0.25, 0.3) is 5.91 Å². The van der Waals surface area contributed by atoms with Crippen LogP contribution in [0, 0.1) is 12.8 Å². The number of pyridine rings is 1. The Morgan fingerprint density at radius 2 is 2.19 bits per heavy atom. The maximum Gasteiger partial charge on any atom is 0.254 e. The number of aromatic nitrogens is 3. The maximum absolute atomic E-state index is 13.2. The molecule has 1 atom stereocenters. The number of hydrogen-bond donors (Lipinski definition) is 3. The summed E-state index contributed by atoms with van der Waals surface area (Å²) in [6, 6.07) is 6.09. The average Bonchev–Trinajstić information content (AvgIpc) is 3.30. The SMILES string of the molecule is Cc1cccc2[nH]c(-c3cncc(C(=O)NCC4CCC4)c3N3CC[C@](C)(N)C3)nc12. The zero-order valence-corrected chi connectivity index (χ0v) is 18.2. The Kier molecular flexibility index (Phi) is 4.93. The summed E-state index contributed by atoms with van der Waals surface area (Å²) in [5.74, 6) is 1.25. The molecule has 0 radical (unpaired) electrons. The van der Waals surface area contributed by atoms with Crippen molar-refractivity contribution >= 4 is 22.6 Å². The van der Waals surface area contributed by atoms with Crippen LogP contribution in [0.15, 0.2) is 30.6 Å². The van der Waals surface area contributed by atoms with Gasteiger partial charge in [-0.15, -0.1) is 0 Å². The van der Waals surface area contributed by atoms with Crippen molar-refractivity contribution in [3.8, 4) is 11.4 Å². The molecule has 3 heterocycles. The number of para-hydroxylation sites is 1. The lowest BCUT2D eigenvalue weighted by atomic mass is 9.85. The quantitative estimate of drug-likeness (QED) is 0.590. The van der Waals surface area contributed by atoms with Crippen LogP contribution in [0.1, 0.15) is 48.5 Å². The zero-order valence-electron chi connectivity index (χ0n) is 18.2. The summed E-state index contributed by atoms with van der Waals surface area (Å²) in [4.78, 5) is 28.1. The smallest absolute Gasteiger partial charge is 0.254 e. The molecule has 1 amide bonds. The number of hydrogen-bond acceptors (Lipinski definition) is 5. The Labute approximate surface area is 182 Å². The summed E-state index contributed by atoms with van der Waals surface area (Å²) >= 11 is 0. The highest BCUT2D eigenvalue weighted by atomic mass is 16.1. The van der Waals surface area contributed by atoms with Gasteiger partial charge in [0.15, 0.2) is 0 Å². The van der Waals surface area contributed by atoms with Crippen LogP contribution in [0.5, 0.6) is 0 Å².